The van der Waals surface area contributed by atoms with Crippen LogP contribution in [0.2, 0.25) is 10.0 Å². The molecule has 2 N–H and O–H groups in total. The largest absolute Gasteiger partial charge is 0.507 e. The highest BCUT2D eigenvalue weighted by Gasteiger charge is 2.09. The van der Waals surface area contributed by atoms with Crippen molar-refractivity contribution in [3.05, 3.63) is 76.0 Å². The van der Waals surface area contributed by atoms with Crippen LogP contribution in [0.1, 0.15) is 16.1 Å². The molecule has 0 unspecified atom stereocenters. The normalized spacial score (nSPS) is 11.0. The first-order chi connectivity index (χ1) is 12.0. The van der Waals surface area contributed by atoms with E-state index in [0.29, 0.717) is 21.6 Å². The number of aromatic hydroxyl groups is 1. The molecule has 0 aliphatic heterocycles. The Morgan fingerprint density at radius 1 is 1.08 bits per heavy atom. The number of hydrogen-bond donors (Lipinski definition) is 2. The van der Waals surface area contributed by atoms with Gasteiger partial charge in [-0.25, -0.2) is 5.43 Å². The Balaban J connectivity index is 1.69. The molecule has 0 saturated carbocycles. The standard InChI is InChI=1S/C18H12Cl2N2O3/c19-14-7-5-11(9-15(14)20)17-8-6-12(25-17)10-21-22-18(24)13-3-1-2-4-16(13)23/h1-10,23H,(H,22,24). The number of phenols is 1. The summed E-state index contributed by atoms with van der Waals surface area (Å²) < 4.78 is 5.62. The zero-order chi connectivity index (χ0) is 17.8. The Labute approximate surface area is 153 Å². The summed E-state index contributed by atoms with van der Waals surface area (Å²) in [6, 6.07) is 14.8. The number of rotatable bonds is 4. The quantitative estimate of drug-likeness (QED) is 0.512. The van der Waals surface area contributed by atoms with E-state index in [2.05, 4.69) is 10.5 Å². The minimum atomic E-state index is -0.523. The van der Waals surface area contributed by atoms with E-state index in [0.717, 1.165) is 5.56 Å². The third-order valence-corrected chi connectivity index (χ3v) is 4.08. The summed E-state index contributed by atoms with van der Waals surface area (Å²) >= 11 is 11.9. The summed E-state index contributed by atoms with van der Waals surface area (Å²) in [5, 5.41) is 14.3. The molecule has 3 aromatic rings. The highest BCUT2D eigenvalue weighted by molar-refractivity contribution is 6.42. The van der Waals surface area contributed by atoms with E-state index in [1.807, 2.05) is 0 Å². The molecule has 25 heavy (non-hydrogen) atoms. The van der Waals surface area contributed by atoms with Crippen molar-refractivity contribution >= 4 is 35.3 Å². The second kappa shape index (κ2) is 7.42. The minimum absolute atomic E-state index is 0.116. The van der Waals surface area contributed by atoms with Crippen molar-refractivity contribution in [1.29, 1.82) is 0 Å². The maximum Gasteiger partial charge on any atom is 0.275 e. The van der Waals surface area contributed by atoms with Crippen molar-refractivity contribution in [1.82, 2.24) is 5.43 Å². The number of halogens is 2. The molecular weight excluding hydrogens is 363 g/mol. The highest BCUT2D eigenvalue weighted by atomic mass is 35.5. The van der Waals surface area contributed by atoms with Crippen LogP contribution < -0.4 is 5.43 Å². The molecule has 0 aliphatic carbocycles. The smallest absolute Gasteiger partial charge is 0.275 e. The van der Waals surface area contributed by atoms with Gasteiger partial charge in [-0.1, -0.05) is 35.3 Å². The molecule has 0 atom stereocenters. The number of amides is 1. The summed E-state index contributed by atoms with van der Waals surface area (Å²) in [5.41, 5.74) is 3.23. The second-order valence-corrected chi connectivity index (χ2v) is 5.86. The third-order valence-electron chi connectivity index (χ3n) is 3.34. The molecule has 0 aliphatic rings. The van der Waals surface area contributed by atoms with Gasteiger partial charge in [0.15, 0.2) is 0 Å². The number of hydrogen-bond acceptors (Lipinski definition) is 4. The van der Waals surface area contributed by atoms with Crippen molar-refractivity contribution in [2.75, 3.05) is 0 Å². The highest BCUT2D eigenvalue weighted by Crippen LogP contribution is 2.29. The van der Waals surface area contributed by atoms with Gasteiger partial charge in [-0.15, -0.1) is 0 Å². The number of benzene rings is 2. The van der Waals surface area contributed by atoms with Crippen molar-refractivity contribution < 1.29 is 14.3 Å². The molecule has 1 amide bonds. The predicted molar refractivity (Wildman–Crippen MR) is 97.3 cm³/mol. The Hall–Kier alpha value is -2.76. The average molecular weight is 375 g/mol. The van der Waals surface area contributed by atoms with Crippen molar-refractivity contribution in [2.45, 2.75) is 0 Å². The van der Waals surface area contributed by atoms with Crippen LogP contribution in [0.5, 0.6) is 5.75 Å². The topological polar surface area (TPSA) is 74.8 Å². The van der Waals surface area contributed by atoms with Gasteiger partial charge in [0.1, 0.15) is 17.3 Å². The van der Waals surface area contributed by atoms with Gasteiger partial charge in [0.2, 0.25) is 0 Å². The molecule has 0 spiro atoms. The van der Waals surface area contributed by atoms with Crippen LogP contribution in [0.15, 0.2) is 64.1 Å². The van der Waals surface area contributed by atoms with E-state index in [1.54, 1.807) is 42.5 Å². The summed E-state index contributed by atoms with van der Waals surface area (Å²) in [7, 11) is 0. The molecule has 5 nitrogen and oxygen atoms in total. The molecule has 1 aromatic heterocycles. The van der Waals surface area contributed by atoms with Gasteiger partial charge in [0.05, 0.1) is 21.8 Å². The van der Waals surface area contributed by atoms with Gasteiger partial charge in [-0.2, -0.15) is 5.10 Å². The Morgan fingerprint density at radius 3 is 2.64 bits per heavy atom. The Bertz CT molecular complexity index is 951. The molecular formula is C18H12Cl2N2O3. The van der Waals surface area contributed by atoms with Crippen LogP contribution in [-0.2, 0) is 0 Å². The van der Waals surface area contributed by atoms with E-state index >= 15 is 0 Å². The van der Waals surface area contributed by atoms with E-state index in [9.17, 15) is 9.90 Å². The predicted octanol–water partition coefficient (Wildman–Crippen LogP) is 4.72. The van der Waals surface area contributed by atoms with Gasteiger partial charge in [-0.05, 0) is 42.5 Å². The number of para-hydroxylation sites is 1. The molecule has 2 aromatic carbocycles. The first-order valence-electron chi connectivity index (χ1n) is 7.21. The lowest BCUT2D eigenvalue weighted by Crippen LogP contribution is -2.17. The van der Waals surface area contributed by atoms with Crippen LogP contribution in [-0.4, -0.2) is 17.2 Å². The second-order valence-electron chi connectivity index (χ2n) is 5.05. The molecule has 126 valence electrons. The third kappa shape index (κ3) is 4.02. The Morgan fingerprint density at radius 2 is 1.88 bits per heavy atom. The fraction of sp³-hybridized carbons (Fsp3) is 0. The number of phenolic OH excluding ortho intramolecular Hbond substituents is 1. The van der Waals surface area contributed by atoms with Crippen LogP contribution in [0, 0.1) is 0 Å². The maximum absolute atomic E-state index is 11.9. The fourth-order valence-corrected chi connectivity index (χ4v) is 2.41. The molecule has 0 fully saturated rings. The van der Waals surface area contributed by atoms with E-state index in [4.69, 9.17) is 27.6 Å². The summed E-state index contributed by atoms with van der Waals surface area (Å²) in [6.45, 7) is 0. The zero-order valence-corrected chi connectivity index (χ0v) is 14.3. The molecule has 0 bridgehead atoms. The minimum Gasteiger partial charge on any atom is -0.507 e. The van der Waals surface area contributed by atoms with Gasteiger partial charge >= 0.3 is 0 Å². The summed E-state index contributed by atoms with van der Waals surface area (Å²) in [5.74, 6) is 0.395. The number of hydrazone groups is 1. The van der Waals surface area contributed by atoms with Crippen LogP contribution in [0.25, 0.3) is 11.3 Å². The molecule has 1 heterocycles. The molecule has 0 saturated heterocycles. The average Bonchev–Trinajstić information content (AvgIpc) is 3.06. The number of carbonyl (C=O) groups excluding carboxylic acids is 1. The van der Waals surface area contributed by atoms with Gasteiger partial charge in [0, 0.05) is 5.56 Å². The first-order valence-corrected chi connectivity index (χ1v) is 7.97. The Kier molecular flexibility index (Phi) is 5.07. The lowest BCUT2D eigenvalue weighted by atomic mass is 10.2. The van der Waals surface area contributed by atoms with E-state index in [-0.39, 0.29) is 11.3 Å². The fourth-order valence-electron chi connectivity index (χ4n) is 2.11. The lowest BCUT2D eigenvalue weighted by molar-refractivity contribution is 0.0952. The van der Waals surface area contributed by atoms with Gasteiger partial charge < -0.3 is 9.52 Å². The van der Waals surface area contributed by atoms with Crippen molar-refractivity contribution in [2.24, 2.45) is 5.10 Å². The lowest BCUT2D eigenvalue weighted by Gasteiger charge is -2.01. The van der Waals surface area contributed by atoms with Crippen LogP contribution in [0.3, 0.4) is 0 Å². The molecule has 0 radical (unpaired) electrons. The number of carbonyl (C=O) groups is 1. The van der Waals surface area contributed by atoms with Crippen molar-refractivity contribution in [3.8, 4) is 17.1 Å². The molecule has 7 heteroatoms. The monoisotopic (exact) mass is 374 g/mol. The number of nitrogens with zero attached hydrogens (tertiary/aromatic N) is 1. The first kappa shape index (κ1) is 17.1. The van der Waals surface area contributed by atoms with E-state index in [1.165, 1.54) is 18.3 Å². The zero-order valence-electron chi connectivity index (χ0n) is 12.7. The number of furan rings is 1. The van der Waals surface area contributed by atoms with Gasteiger partial charge in [-0.3, -0.25) is 4.79 Å². The van der Waals surface area contributed by atoms with Gasteiger partial charge in [0.25, 0.3) is 5.91 Å². The SMILES string of the molecule is O=C(NN=Cc1ccc(-c2ccc(Cl)c(Cl)c2)o1)c1ccccc1O. The van der Waals surface area contributed by atoms with Crippen molar-refractivity contribution in [3.63, 3.8) is 0 Å². The maximum atomic E-state index is 11.9. The van der Waals surface area contributed by atoms with Crippen LogP contribution >= 0.6 is 23.2 Å². The van der Waals surface area contributed by atoms with E-state index < -0.39 is 5.91 Å². The molecule has 3 rings (SSSR count). The number of nitrogens with one attached hydrogen (secondary N) is 1. The summed E-state index contributed by atoms with van der Waals surface area (Å²) in [4.78, 5) is 11.9. The summed E-state index contributed by atoms with van der Waals surface area (Å²) in [6.07, 6.45) is 1.36. The van der Waals surface area contributed by atoms with Crippen LogP contribution in [0.4, 0.5) is 0 Å².